The maximum absolute atomic E-state index is 10.9. The van der Waals surface area contributed by atoms with E-state index in [2.05, 4.69) is 44.6 Å². The van der Waals surface area contributed by atoms with Crippen molar-refractivity contribution in [2.24, 2.45) is 0 Å². The van der Waals surface area contributed by atoms with Gasteiger partial charge in [0.15, 0.2) is 0 Å². The van der Waals surface area contributed by atoms with Gasteiger partial charge in [0.25, 0.3) is 0 Å². The lowest BCUT2D eigenvalue weighted by atomic mass is 9.82. The number of aliphatic hydroxyl groups is 1. The molecule has 20 heavy (non-hydrogen) atoms. The molecule has 0 spiro atoms. The van der Waals surface area contributed by atoms with Crippen molar-refractivity contribution in [2.75, 3.05) is 13.1 Å². The first-order chi connectivity index (χ1) is 9.59. The first-order valence-electron chi connectivity index (χ1n) is 8.04. The molecule has 4 heteroatoms. The first-order valence-corrected chi connectivity index (χ1v) is 8.04. The fraction of sp³-hybridized carbons (Fsp3) is 0.812. The van der Waals surface area contributed by atoms with Gasteiger partial charge >= 0.3 is 0 Å². The van der Waals surface area contributed by atoms with Crippen LogP contribution in [0.25, 0.3) is 0 Å². The van der Waals surface area contributed by atoms with E-state index in [4.69, 9.17) is 0 Å². The van der Waals surface area contributed by atoms with Crippen LogP contribution in [0.5, 0.6) is 0 Å². The summed E-state index contributed by atoms with van der Waals surface area (Å²) in [6, 6.07) is 0. The molecular weight excluding hydrogens is 250 g/mol. The Morgan fingerprint density at radius 2 is 1.80 bits per heavy atom. The molecule has 116 valence electrons. The van der Waals surface area contributed by atoms with E-state index >= 15 is 0 Å². The summed E-state index contributed by atoms with van der Waals surface area (Å²) < 4.78 is 1.93. The van der Waals surface area contributed by atoms with Gasteiger partial charge in [-0.3, -0.25) is 9.58 Å². The summed E-state index contributed by atoms with van der Waals surface area (Å²) >= 11 is 0. The highest BCUT2D eigenvalue weighted by Crippen LogP contribution is 2.37. The van der Waals surface area contributed by atoms with Crippen molar-refractivity contribution in [3.8, 4) is 0 Å². The minimum atomic E-state index is -0.483. The summed E-state index contributed by atoms with van der Waals surface area (Å²) in [5, 5.41) is 15.3. The maximum Gasteiger partial charge on any atom is 0.100 e. The molecule has 1 aromatic rings. The van der Waals surface area contributed by atoms with Crippen molar-refractivity contribution in [1.82, 2.24) is 14.7 Å². The Morgan fingerprint density at radius 3 is 2.25 bits per heavy atom. The Morgan fingerprint density at radius 1 is 1.20 bits per heavy atom. The molecule has 4 nitrogen and oxygen atoms in total. The second-order valence-electron chi connectivity index (χ2n) is 5.42. The predicted molar refractivity (Wildman–Crippen MR) is 83.7 cm³/mol. The number of likely N-dealkylation sites (N-methyl/N-ethyl adjacent to an activating group) is 1. The van der Waals surface area contributed by atoms with E-state index in [1.165, 1.54) is 0 Å². The molecule has 1 aromatic heterocycles. The third-order valence-corrected chi connectivity index (χ3v) is 4.55. The van der Waals surface area contributed by atoms with Crippen molar-refractivity contribution >= 4 is 0 Å². The molecule has 0 aromatic carbocycles. The quantitative estimate of drug-likeness (QED) is 0.755. The largest absolute Gasteiger partial charge is 0.386 e. The Bertz CT molecular complexity index is 381. The second-order valence-corrected chi connectivity index (χ2v) is 5.42. The highest BCUT2D eigenvalue weighted by Gasteiger charge is 2.40. The zero-order valence-corrected chi connectivity index (χ0v) is 13.8. The zero-order chi connectivity index (χ0) is 15.2. The van der Waals surface area contributed by atoms with Gasteiger partial charge in [-0.25, -0.2) is 0 Å². The van der Waals surface area contributed by atoms with Crippen LogP contribution >= 0.6 is 0 Å². The molecule has 1 rings (SSSR count). The van der Waals surface area contributed by atoms with E-state index < -0.39 is 6.10 Å². The van der Waals surface area contributed by atoms with Crippen LogP contribution in [0.1, 0.15) is 65.5 Å². The van der Waals surface area contributed by atoms with Gasteiger partial charge in [-0.2, -0.15) is 5.10 Å². The van der Waals surface area contributed by atoms with E-state index in [0.29, 0.717) is 0 Å². The molecule has 1 atom stereocenters. The summed E-state index contributed by atoms with van der Waals surface area (Å²) in [5.74, 6) is 0. The number of aryl methyl sites for hydroxylation is 1. The third-order valence-electron chi connectivity index (χ3n) is 4.55. The summed E-state index contributed by atoms with van der Waals surface area (Å²) in [4.78, 5) is 2.38. The lowest BCUT2D eigenvalue weighted by molar-refractivity contribution is -0.0366. The van der Waals surface area contributed by atoms with Gasteiger partial charge < -0.3 is 5.11 Å². The minimum absolute atomic E-state index is 0.191. The maximum atomic E-state index is 10.9. The number of hydrogen-bond acceptors (Lipinski definition) is 3. The van der Waals surface area contributed by atoms with Crippen LogP contribution in [-0.2, 0) is 6.54 Å². The molecule has 0 radical (unpaired) electrons. The first kappa shape index (κ1) is 17.2. The zero-order valence-electron chi connectivity index (χ0n) is 13.8. The smallest absolute Gasteiger partial charge is 0.100 e. The molecule has 0 aliphatic heterocycles. The normalized spacial score (nSPS) is 13.9. The molecule has 0 fully saturated rings. The SMILES string of the molecule is CCCn1cc(C(O)C(CC)(CC)N(CC)CC)cn1. The van der Waals surface area contributed by atoms with Crippen molar-refractivity contribution < 1.29 is 5.11 Å². The number of aliphatic hydroxyl groups excluding tert-OH is 1. The van der Waals surface area contributed by atoms with E-state index in [1.807, 2.05) is 17.1 Å². The van der Waals surface area contributed by atoms with Crippen LogP contribution < -0.4 is 0 Å². The highest BCUT2D eigenvalue weighted by molar-refractivity contribution is 5.15. The molecule has 1 unspecified atom stereocenters. The fourth-order valence-corrected chi connectivity index (χ4v) is 3.29. The van der Waals surface area contributed by atoms with Gasteiger partial charge in [0.2, 0.25) is 0 Å². The van der Waals surface area contributed by atoms with Crippen LogP contribution in [-0.4, -0.2) is 38.4 Å². The number of aromatic nitrogens is 2. The summed E-state index contributed by atoms with van der Waals surface area (Å²) in [5.41, 5.74) is 0.748. The predicted octanol–water partition coefficient (Wildman–Crippen LogP) is 3.23. The number of hydrogen-bond donors (Lipinski definition) is 1. The van der Waals surface area contributed by atoms with Gasteiger partial charge in [-0.15, -0.1) is 0 Å². The van der Waals surface area contributed by atoms with Gasteiger partial charge in [-0.1, -0.05) is 34.6 Å². The molecular formula is C16H31N3O. The minimum Gasteiger partial charge on any atom is -0.386 e. The topological polar surface area (TPSA) is 41.3 Å². The Hall–Kier alpha value is -0.870. The van der Waals surface area contributed by atoms with Gasteiger partial charge in [0.1, 0.15) is 6.10 Å². The Kier molecular flexibility index (Phi) is 6.69. The molecule has 0 bridgehead atoms. The molecule has 0 saturated heterocycles. The molecule has 0 aliphatic rings. The van der Waals surface area contributed by atoms with Crippen molar-refractivity contribution in [3.63, 3.8) is 0 Å². The number of nitrogens with zero attached hydrogens (tertiary/aromatic N) is 3. The van der Waals surface area contributed by atoms with Crippen molar-refractivity contribution in [2.45, 2.75) is 72.1 Å². The molecule has 0 aliphatic carbocycles. The highest BCUT2D eigenvalue weighted by atomic mass is 16.3. The molecule has 1 N–H and O–H groups in total. The summed E-state index contributed by atoms with van der Waals surface area (Å²) in [7, 11) is 0. The van der Waals surface area contributed by atoms with E-state index in [0.717, 1.165) is 44.5 Å². The van der Waals surface area contributed by atoms with Crippen LogP contribution in [0, 0.1) is 0 Å². The lowest BCUT2D eigenvalue weighted by Crippen LogP contribution is -2.52. The van der Waals surface area contributed by atoms with E-state index in [9.17, 15) is 5.11 Å². The molecule has 0 saturated carbocycles. The Labute approximate surface area is 123 Å². The van der Waals surface area contributed by atoms with Gasteiger partial charge in [0, 0.05) is 18.3 Å². The van der Waals surface area contributed by atoms with Crippen LogP contribution in [0.4, 0.5) is 0 Å². The molecule has 1 heterocycles. The van der Waals surface area contributed by atoms with Crippen molar-refractivity contribution in [3.05, 3.63) is 18.0 Å². The lowest BCUT2D eigenvalue weighted by Gasteiger charge is -2.45. The average Bonchev–Trinajstić information content (AvgIpc) is 2.93. The van der Waals surface area contributed by atoms with Crippen molar-refractivity contribution in [1.29, 1.82) is 0 Å². The average molecular weight is 281 g/mol. The van der Waals surface area contributed by atoms with Crippen LogP contribution in [0.15, 0.2) is 12.4 Å². The Balaban J connectivity index is 3.05. The number of rotatable bonds is 9. The summed E-state index contributed by atoms with van der Waals surface area (Å²) in [6.45, 7) is 13.6. The fourth-order valence-electron chi connectivity index (χ4n) is 3.29. The third kappa shape index (κ3) is 3.23. The summed E-state index contributed by atoms with van der Waals surface area (Å²) in [6.07, 6.45) is 6.26. The van der Waals surface area contributed by atoms with E-state index in [1.54, 1.807) is 0 Å². The van der Waals surface area contributed by atoms with Gasteiger partial charge in [0.05, 0.1) is 11.7 Å². The van der Waals surface area contributed by atoms with Crippen LogP contribution in [0.3, 0.4) is 0 Å². The monoisotopic (exact) mass is 281 g/mol. The van der Waals surface area contributed by atoms with Gasteiger partial charge in [-0.05, 0) is 32.4 Å². The van der Waals surface area contributed by atoms with Crippen LogP contribution in [0.2, 0.25) is 0 Å². The standard InChI is InChI=1S/C16H31N3O/c1-6-11-19-13-14(12-17-19)15(20)16(7-2,8-3)18(9-4)10-5/h12-13,15,20H,6-11H2,1-5H3. The van der Waals surface area contributed by atoms with E-state index in [-0.39, 0.29) is 5.54 Å². The second kappa shape index (κ2) is 7.79. The molecule has 0 amide bonds.